The number of anilines is 3. The molecule has 9 nitrogen and oxygen atoms in total. The van der Waals surface area contributed by atoms with Crippen molar-refractivity contribution in [1.82, 2.24) is 15.0 Å². The van der Waals surface area contributed by atoms with Crippen molar-refractivity contribution in [1.29, 1.82) is 0 Å². The van der Waals surface area contributed by atoms with Gasteiger partial charge in [0.1, 0.15) is 0 Å². The van der Waals surface area contributed by atoms with Gasteiger partial charge in [-0.2, -0.15) is 15.0 Å². The molecule has 1 aromatic heterocycles. The van der Waals surface area contributed by atoms with Crippen LogP contribution in [0.4, 0.5) is 17.8 Å². The fraction of sp³-hybridized carbons (Fsp3) is 0.750. The molecule has 9 heteroatoms. The van der Waals surface area contributed by atoms with Gasteiger partial charge in [0.25, 0.3) is 0 Å². The number of nitrogens with one attached hydrogen (secondary N) is 1. The maximum Gasteiger partial charge on any atom is 0.243 e. The summed E-state index contributed by atoms with van der Waals surface area (Å²) in [6.45, 7) is 3.68. The Morgan fingerprint density at radius 3 is 2.52 bits per heavy atom. The predicted octanol–water partition coefficient (Wildman–Crippen LogP) is -1.05. The van der Waals surface area contributed by atoms with Crippen molar-refractivity contribution in [2.24, 2.45) is 5.84 Å². The van der Waals surface area contributed by atoms with Gasteiger partial charge in [-0.15, -0.1) is 0 Å². The monoisotopic (exact) mass is 295 g/mol. The minimum atomic E-state index is -0.208. The first-order valence-electron chi connectivity index (χ1n) is 7.25. The van der Waals surface area contributed by atoms with E-state index in [4.69, 9.17) is 10.6 Å². The van der Waals surface area contributed by atoms with Crippen LogP contribution in [-0.4, -0.2) is 65.6 Å². The van der Waals surface area contributed by atoms with Gasteiger partial charge in [0.15, 0.2) is 0 Å². The number of aromatic nitrogens is 3. The first kappa shape index (κ1) is 14.2. The van der Waals surface area contributed by atoms with Crippen molar-refractivity contribution in [2.45, 2.75) is 18.9 Å². The summed E-state index contributed by atoms with van der Waals surface area (Å²) in [4.78, 5) is 17.3. The van der Waals surface area contributed by atoms with Gasteiger partial charge in [-0.3, -0.25) is 5.43 Å². The maximum absolute atomic E-state index is 9.24. The van der Waals surface area contributed by atoms with Crippen molar-refractivity contribution in [3.63, 3.8) is 0 Å². The van der Waals surface area contributed by atoms with Crippen LogP contribution in [-0.2, 0) is 4.74 Å². The number of aliphatic hydroxyl groups excluding tert-OH is 1. The van der Waals surface area contributed by atoms with Gasteiger partial charge in [0, 0.05) is 26.2 Å². The van der Waals surface area contributed by atoms with E-state index in [-0.39, 0.29) is 12.7 Å². The average molecular weight is 295 g/mol. The van der Waals surface area contributed by atoms with Crippen molar-refractivity contribution in [3.05, 3.63) is 0 Å². The van der Waals surface area contributed by atoms with Crippen molar-refractivity contribution < 1.29 is 9.84 Å². The number of morpholine rings is 1. The van der Waals surface area contributed by atoms with Crippen LogP contribution in [0.5, 0.6) is 0 Å². The molecule has 0 spiro atoms. The highest BCUT2D eigenvalue weighted by molar-refractivity contribution is 5.45. The lowest BCUT2D eigenvalue weighted by Gasteiger charge is -2.32. The Bertz CT molecular complexity index is 481. The Morgan fingerprint density at radius 1 is 1.14 bits per heavy atom. The second kappa shape index (κ2) is 6.37. The molecule has 4 N–H and O–H groups in total. The van der Waals surface area contributed by atoms with Gasteiger partial charge < -0.3 is 19.6 Å². The fourth-order valence-corrected chi connectivity index (χ4v) is 2.63. The van der Waals surface area contributed by atoms with Crippen LogP contribution in [0.25, 0.3) is 0 Å². The third-order valence-electron chi connectivity index (χ3n) is 3.76. The van der Waals surface area contributed by atoms with E-state index in [1.807, 2.05) is 4.90 Å². The molecule has 2 aliphatic rings. The van der Waals surface area contributed by atoms with Crippen molar-refractivity contribution in [3.8, 4) is 0 Å². The normalized spacial score (nSPS) is 22.7. The van der Waals surface area contributed by atoms with Crippen molar-refractivity contribution in [2.75, 3.05) is 54.6 Å². The summed E-state index contributed by atoms with van der Waals surface area (Å²) >= 11 is 0. The molecule has 116 valence electrons. The van der Waals surface area contributed by atoms with E-state index in [9.17, 15) is 5.11 Å². The van der Waals surface area contributed by atoms with Crippen LogP contribution in [0, 0.1) is 0 Å². The molecule has 21 heavy (non-hydrogen) atoms. The number of rotatable bonds is 4. The number of hydrogen-bond acceptors (Lipinski definition) is 9. The summed E-state index contributed by atoms with van der Waals surface area (Å²) in [6, 6.07) is 0. The molecule has 0 radical (unpaired) electrons. The zero-order valence-corrected chi connectivity index (χ0v) is 11.9. The fourth-order valence-electron chi connectivity index (χ4n) is 2.63. The highest BCUT2D eigenvalue weighted by Gasteiger charge is 2.24. The molecule has 1 atom stereocenters. The van der Waals surface area contributed by atoms with E-state index >= 15 is 0 Å². The maximum atomic E-state index is 9.24. The van der Waals surface area contributed by atoms with Crippen molar-refractivity contribution >= 4 is 17.8 Å². The van der Waals surface area contributed by atoms with E-state index in [1.54, 1.807) is 0 Å². The number of nitrogens with zero attached hydrogens (tertiary/aromatic N) is 5. The van der Waals surface area contributed by atoms with E-state index in [2.05, 4.69) is 25.3 Å². The predicted molar refractivity (Wildman–Crippen MR) is 78.1 cm³/mol. The highest BCUT2D eigenvalue weighted by atomic mass is 16.5. The third-order valence-corrected chi connectivity index (χ3v) is 3.76. The molecule has 3 rings (SSSR count). The van der Waals surface area contributed by atoms with E-state index in [0.29, 0.717) is 37.5 Å². The minimum absolute atomic E-state index is 0.0113. The summed E-state index contributed by atoms with van der Waals surface area (Å²) in [7, 11) is 0. The first-order valence-corrected chi connectivity index (χ1v) is 7.25. The molecule has 0 saturated carbocycles. The van der Waals surface area contributed by atoms with Crippen LogP contribution in [0.1, 0.15) is 12.8 Å². The number of hydrogen-bond donors (Lipinski definition) is 3. The van der Waals surface area contributed by atoms with Crippen LogP contribution in [0.2, 0.25) is 0 Å². The molecule has 2 fully saturated rings. The summed E-state index contributed by atoms with van der Waals surface area (Å²) < 4.78 is 5.45. The quantitative estimate of drug-likeness (QED) is 0.473. The standard InChI is InChI=1S/C12H21N7O2/c13-17-10-14-11(18-3-1-2-4-18)16-12(15-10)19-5-6-21-9(7-19)8-20/h9,20H,1-8,13H2,(H,14,15,16,17). The number of nitrogen functional groups attached to an aromatic ring is 1. The van der Waals surface area contributed by atoms with Crippen LogP contribution in [0.3, 0.4) is 0 Å². The molecule has 1 unspecified atom stereocenters. The van der Waals surface area contributed by atoms with E-state index in [0.717, 1.165) is 25.9 Å². The summed E-state index contributed by atoms with van der Waals surface area (Å²) in [5.41, 5.74) is 2.50. The Balaban J connectivity index is 1.84. The van der Waals surface area contributed by atoms with Gasteiger partial charge in [-0.1, -0.05) is 0 Å². The second-order valence-corrected chi connectivity index (χ2v) is 5.22. The number of nitrogens with two attached hydrogens (primary N) is 1. The number of aliphatic hydroxyl groups is 1. The lowest BCUT2D eigenvalue weighted by atomic mass is 10.3. The Morgan fingerprint density at radius 2 is 1.86 bits per heavy atom. The Kier molecular flexibility index (Phi) is 4.32. The highest BCUT2D eigenvalue weighted by Crippen LogP contribution is 2.21. The molecule has 3 heterocycles. The molecule has 0 aromatic carbocycles. The van der Waals surface area contributed by atoms with Gasteiger partial charge in [0.2, 0.25) is 17.8 Å². The minimum Gasteiger partial charge on any atom is -0.394 e. The summed E-state index contributed by atoms with van der Waals surface area (Å²) in [5.74, 6) is 7.04. The molecule has 0 aliphatic carbocycles. The topological polar surface area (TPSA) is 113 Å². The number of ether oxygens (including phenoxy) is 1. The SMILES string of the molecule is NNc1nc(N2CCCC2)nc(N2CCOC(CO)C2)n1. The number of hydrazine groups is 1. The Labute approximate surface area is 123 Å². The molecule has 1 aromatic rings. The molecule has 0 bridgehead atoms. The zero-order valence-electron chi connectivity index (χ0n) is 11.9. The summed E-state index contributed by atoms with van der Waals surface area (Å²) in [5, 5.41) is 9.24. The van der Waals surface area contributed by atoms with Crippen LogP contribution >= 0.6 is 0 Å². The first-order chi connectivity index (χ1) is 10.3. The molecule has 2 saturated heterocycles. The second-order valence-electron chi connectivity index (χ2n) is 5.22. The largest absolute Gasteiger partial charge is 0.394 e. The summed E-state index contributed by atoms with van der Waals surface area (Å²) in [6.07, 6.45) is 2.09. The van der Waals surface area contributed by atoms with E-state index < -0.39 is 0 Å². The third kappa shape index (κ3) is 3.14. The molecule has 2 aliphatic heterocycles. The molecular formula is C12H21N7O2. The van der Waals surface area contributed by atoms with Gasteiger partial charge in [-0.25, -0.2) is 5.84 Å². The van der Waals surface area contributed by atoms with Crippen LogP contribution < -0.4 is 21.1 Å². The molecule has 0 amide bonds. The van der Waals surface area contributed by atoms with Gasteiger partial charge in [0.05, 0.1) is 19.3 Å². The van der Waals surface area contributed by atoms with E-state index in [1.165, 1.54) is 0 Å². The van der Waals surface area contributed by atoms with Crippen LogP contribution in [0.15, 0.2) is 0 Å². The lowest BCUT2D eigenvalue weighted by molar-refractivity contribution is 0.00314. The smallest absolute Gasteiger partial charge is 0.243 e. The lowest BCUT2D eigenvalue weighted by Crippen LogP contribution is -2.45. The van der Waals surface area contributed by atoms with Gasteiger partial charge >= 0.3 is 0 Å². The zero-order chi connectivity index (χ0) is 14.7. The Hall–Kier alpha value is -1.71. The van der Waals surface area contributed by atoms with Gasteiger partial charge in [-0.05, 0) is 12.8 Å². The molecular weight excluding hydrogens is 274 g/mol. The average Bonchev–Trinajstić information content (AvgIpc) is 3.09.